The van der Waals surface area contributed by atoms with Crippen molar-refractivity contribution < 1.29 is 9.22 Å². The number of benzene rings is 1. The largest absolute Gasteiger partial charge is 0.384 e. The summed E-state index contributed by atoms with van der Waals surface area (Å²) in [6.07, 6.45) is 10.7. The Balaban J connectivity index is 1.46. The molecule has 2 aromatic heterocycles. The third-order valence-corrected chi connectivity index (χ3v) is 7.54. The Morgan fingerprint density at radius 3 is 2.91 bits per heavy atom. The second-order valence-corrected chi connectivity index (χ2v) is 9.80. The fraction of sp³-hybridized carbons (Fsp3) is 0.360. The molecule has 1 aliphatic carbocycles. The molecule has 3 aromatic rings. The SMILES string of the molecule is COOSN1CCC(C2c3ccc(Cl)cc3C(NCCc3c[nH]cn3)=Cc3cccnc32)CC1. The number of aromatic amines is 1. The molecule has 2 N–H and O–H groups in total. The molecule has 1 fully saturated rings. The summed E-state index contributed by atoms with van der Waals surface area (Å²) in [5, 5.41) is 4.39. The molecule has 7 nitrogen and oxygen atoms in total. The lowest BCUT2D eigenvalue weighted by atomic mass is 9.76. The molecule has 2 aliphatic rings. The normalized spacial score (nSPS) is 18.6. The number of nitrogens with zero attached hydrogens (tertiary/aromatic N) is 3. The Hall–Kier alpha value is -2.36. The van der Waals surface area contributed by atoms with E-state index in [1.54, 1.807) is 6.33 Å². The number of nitrogens with one attached hydrogen (secondary N) is 2. The molecule has 1 saturated heterocycles. The van der Waals surface area contributed by atoms with Gasteiger partial charge in [-0.15, -0.1) is 4.33 Å². The molecule has 0 amide bonds. The molecule has 0 bridgehead atoms. The van der Waals surface area contributed by atoms with Crippen LogP contribution in [-0.4, -0.2) is 46.0 Å². The van der Waals surface area contributed by atoms with Crippen LogP contribution in [0.3, 0.4) is 0 Å². The number of H-pyrrole nitrogens is 1. The van der Waals surface area contributed by atoms with Gasteiger partial charge in [0.1, 0.15) is 12.2 Å². The Morgan fingerprint density at radius 2 is 2.12 bits per heavy atom. The van der Waals surface area contributed by atoms with Crippen molar-refractivity contribution in [3.05, 3.63) is 82.2 Å². The van der Waals surface area contributed by atoms with Crippen LogP contribution in [-0.2, 0) is 15.6 Å². The van der Waals surface area contributed by atoms with E-state index in [0.717, 1.165) is 72.1 Å². The monoisotopic (exact) mass is 497 g/mol. The topological polar surface area (TPSA) is 75.3 Å². The van der Waals surface area contributed by atoms with Gasteiger partial charge in [0.25, 0.3) is 0 Å². The summed E-state index contributed by atoms with van der Waals surface area (Å²) in [4.78, 5) is 17.0. The molecule has 1 atom stereocenters. The first-order valence-corrected chi connectivity index (χ1v) is 12.6. The molecule has 34 heavy (non-hydrogen) atoms. The molecule has 5 rings (SSSR count). The van der Waals surface area contributed by atoms with Gasteiger partial charge in [-0.3, -0.25) is 4.98 Å². The van der Waals surface area contributed by atoms with Crippen molar-refractivity contribution in [1.29, 1.82) is 0 Å². The number of hydrogen-bond acceptors (Lipinski definition) is 7. The van der Waals surface area contributed by atoms with Crippen LogP contribution in [0.5, 0.6) is 0 Å². The van der Waals surface area contributed by atoms with Crippen LogP contribution in [0.2, 0.25) is 5.02 Å². The zero-order chi connectivity index (χ0) is 23.3. The maximum Gasteiger partial charge on any atom is 0.121 e. The quantitative estimate of drug-likeness (QED) is 0.194. The molecule has 1 aromatic carbocycles. The minimum atomic E-state index is 0.195. The Bertz CT molecular complexity index is 1130. The van der Waals surface area contributed by atoms with Crippen LogP contribution in [0, 0.1) is 5.92 Å². The average molecular weight is 498 g/mol. The first-order valence-electron chi connectivity index (χ1n) is 11.5. The van der Waals surface area contributed by atoms with E-state index in [2.05, 4.69) is 43.9 Å². The van der Waals surface area contributed by atoms with Crippen molar-refractivity contribution in [3.63, 3.8) is 0 Å². The van der Waals surface area contributed by atoms with E-state index in [1.165, 1.54) is 24.9 Å². The lowest BCUT2D eigenvalue weighted by molar-refractivity contribution is -0.163. The van der Waals surface area contributed by atoms with Gasteiger partial charge in [0.05, 0.1) is 24.8 Å². The first-order chi connectivity index (χ1) is 16.7. The molecule has 0 saturated carbocycles. The number of imidazole rings is 1. The van der Waals surface area contributed by atoms with Gasteiger partial charge >= 0.3 is 0 Å². The smallest absolute Gasteiger partial charge is 0.121 e. The Kier molecular flexibility index (Phi) is 7.51. The second kappa shape index (κ2) is 10.9. The minimum absolute atomic E-state index is 0.195. The van der Waals surface area contributed by atoms with Gasteiger partial charge in [-0.1, -0.05) is 23.7 Å². The molecule has 1 aliphatic heterocycles. The zero-order valence-electron chi connectivity index (χ0n) is 19.0. The van der Waals surface area contributed by atoms with Crippen LogP contribution in [0.25, 0.3) is 11.8 Å². The summed E-state index contributed by atoms with van der Waals surface area (Å²) < 4.78 is 7.28. The van der Waals surface area contributed by atoms with Gasteiger partial charge in [-0.05, 0) is 54.2 Å². The fourth-order valence-corrected chi connectivity index (χ4v) is 5.64. The van der Waals surface area contributed by atoms with Crippen LogP contribution in [0.1, 0.15) is 46.8 Å². The highest BCUT2D eigenvalue weighted by Gasteiger charge is 2.34. The summed E-state index contributed by atoms with van der Waals surface area (Å²) in [6, 6.07) is 10.4. The third-order valence-electron chi connectivity index (χ3n) is 6.53. The Labute approximate surface area is 209 Å². The molecular weight excluding hydrogens is 470 g/mol. The number of piperidine rings is 1. The van der Waals surface area contributed by atoms with E-state index in [0.29, 0.717) is 5.92 Å². The van der Waals surface area contributed by atoms with E-state index in [4.69, 9.17) is 25.8 Å². The number of halogens is 1. The van der Waals surface area contributed by atoms with Gasteiger partial charge < -0.3 is 10.3 Å². The zero-order valence-corrected chi connectivity index (χ0v) is 20.6. The minimum Gasteiger partial charge on any atom is -0.384 e. The highest BCUT2D eigenvalue weighted by molar-refractivity contribution is 7.92. The van der Waals surface area contributed by atoms with Crippen molar-refractivity contribution >= 4 is 35.6 Å². The lowest BCUT2D eigenvalue weighted by Gasteiger charge is -2.35. The van der Waals surface area contributed by atoms with Gasteiger partial charge in [0.2, 0.25) is 0 Å². The third kappa shape index (κ3) is 5.16. The lowest BCUT2D eigenvalue weighted by Crippen LogP contribution is -2.32. The number of hydrogen-bond donors (Lipinski definition) is 2. The van der Waals surface area contributed by atoms with Crippen LogP contribution in [0.15, 0.2) is 49.1 Å². The molecule has 0 spiro atoms. The van der Waals surface area contributed by atoms with Crippen molar-refractivity contribution in [2.24, 2.45) is 5.92 Å². The van der Waals surface area contributed by atoms with Crippen LogP contribution in [0.4, 0.5) is 0 Å². The maximum atomic E-state index is 6.50. The highest BCUT2D eigenvalue weighted by atomic mass is 35.5. The van der Waals surface area contributed by atoms with Gasteiger partial charge in [-0.25, -0.2) is 14.2 Å². The van der Waals surface area contributed by atoms with Gasteiger partial charge in [0.15, 0.2) is 0 Å². The van der Waals surface area contributed by atoms with Gasteiger partial charge in [-0.2, -0.15) is 0 Å². The number of aromatic nitrogens is 3. The van der Waals surface area contributed by atoms with Crippen LogP contribution >= 0.6 is 23.8 Å². The van der Waals surface area contributed by atoms with E-state index in [1.807, 2.05) is 24.5 Å². The van der Waals surface area contributed by atoms with E-state index in [-0.39, 0.29) is 5.92 Å². The van der Waals surface area contributed by atoms with Crippen molar-refractivity contribution in [1.82, 2.24) is 24.6 Å². The maximum absolute atomic E-state index is 6.50. The predicted octanol–water partition coefficient (Wildman–Crippen LogP) is 5.09. The molecule has 3 heterocycles. The standard InChI is InChI=1S/C25H28ClN5O2S/c1-32-33-34-31-11-7-17(8-12-31)24-21-5-4-19(26)14-22(21)23(13-18-3-2-9-29-25(18)24)28-10-6-20-15-27-16-30-20/h2-5,9,13-17,24,28H,6-8,10-12H2,1H3,(H,27,30). The van der Waals surface area contributed by atoms with Gasteiger partial charge in [0, 0.05) is 60.6 Å². The number of pyridine rings is 1. The number of fused-ring (bicyclic) bond motifs is 2. The fourth-order valence-electron chi connectivity index (χ4n) is 4.96. The average Bonchev–Trinajstić information content (AvgIpc) is 3.34. The summed E-state index contributed by atoms with van der Waals surface area (Å²) in [5.41, 5.74) is 6.83. The number of rotatable bonds is 8. The summed E-state index contributed by atoms with van der Waals surface area (Å²) >= 11 is 7.79. The Morgan fingerprint density at radius 1 is 1.24 bits per heavy atom. The van der Waals surface area contributed by atoms with E-state index >= 15 is 0 Å². The molecule has 1 unspecified atom stereocenters. The predicted molar refractivity (Wildman–Crippen MR) is 136 cm³/mol. The summed E-state index contributed by atoms with van der Waals surface area (Å²) in [7, 11) is 1.53. The summed E-state index contributed by atoms with van der Waals surface area (Å²) in [5.74, 6) is 0.658. The molecular formula is C25H28ClN5O2S. The molecule has 9 heteroatoms. The van der Waals surface area contributed by atoms with Crippen molar-refractivity contribution in [2.45, 2.75) is 25.2 Å². The van der Waals surface area contributed by atoms with E-state index < -0.39 is 0 Å². The first kappa shape index (κ1) is 23.4. The van der Waals surface area contributed by atoms with Crippen molar-refractivity contribution in [3.8, 4) is 0 Å². The molecule has 178 valence electrons. The van der Waals surface area contributed by atoms with E-state index in [9.17, 15) is 0 Å². The van der Waals surface area contributed by atoms with Crippen LogP contribution < -0.4 is 5.32 Å². The van der Waals surface area contributed by atoms with Crippen molar-refractivity contribution in [2.75, 3.05) is 26.7 Å². The highest BCUT2D eigenvalue weighted by Crippen LogP contribution is 2.44. The summed E-state index contributed by atoms with van der Waals surface area (Å²) in [6.45, 7) is 2.64. The second-order valence-electron chi connectivity index (χ2n) is 8.56. The molecule has 0 radical (unpaired) electrons.